The monoisotopic (exact) mass is 212 g/mol. The molecule has 0 aromatic heterocycles. The third kappa shape index (κ3) is 3.58. The topological polar surface area (TPSA) is 9.23 Å². The lowest BCUT2D eigenvalue weighted by atomic mass is 10.0. The van der Waals surface area contributed by atoms with E-state index in [0.29, 0.717) is 0 Å². The molecule has 0 aliphatic heterocycles. The van der Waals surface area contributed by atoms with E-state index in [2.05, 4.69) is 26.8 Å². The largest absolute Gasteiger partial charge is 0.414 e. The number of hydrogen-bond donors (Lipinski definition) is 0. The Bertz CT molecular complexity index is 194. The quantitative estimate of drug-likeness (QED) is 0.636. The van der Waals surface area contributed by atoms with Crippen LogP contribution >= 0.6 is 0 Å². The first-order valence-corrected chi connectivity index (χ1v) is 7.30. The van der Waals surface area contributed by atoms with Gasteiger partial charge in [0.15, 0.2) is 9.76 Å². The van der Waals surface area contributed by atoms with Gasteiger partial charge < -0.3 is 4.43 Å². The Morgan fingerprint density at radius 2 is 2.07 bits per heavy atom. The summed E-state index contributed by atoms with van der Waals surface area (Å²) in [5, 5.41) is 1.66. The normalized spacial score (nSPS) is 18.9. The van der Waals surface area contributed by atoms with Gasteiger partial charge in [0, 0.05) is 0 Å². The van der Waals surface area contributed by atoms with E-state index in [1.165, 1.54) is 25.7 Å². The second-order valence-corrected chi connectivity index (χ2v) is 6.04. The van der Waals surface area contributed by atoms with Crippen LogP contribution in [0.1, 0.15) is 59.3 Å². The average Bonchev–Trinajstić information content (AvgIpc) is 2.27. The fraction of sp³-hybridized carbons (Fsp3) is 0.833. The van der Waals surface area contributed by atoms with E-state index >= 15 is 0 Å². The molecule has 82 valence electrons. The Morgan fingerprint density at radius 1 is 1.36 bits per heavy atom. The van der Waals surface area contributed by atoms with Crippen molar-refractivity contribution in [2.75, 3.05) is 0 Å². The molecule has 0 aromatic carbocycles. The van der Waals surface area contributed by atoms with Gasteiger partial charge in [-0.25, -0.2) is 0 Å². The third-order valence-corrected chi connectivity index (χ3v) is 5.34. The molecule has 0 bridgehead atoms. The highest BCUT2D eigenvalue weighted by molar-refractivity contribution is 6.38. The summed E-state index contributed by atoms with van der Waals surface area (Å²) in [6, 6.07) is 0. The molecule has 0 N–H and O–H groups in total. The van der Waals surface area contributed by atoms with Gasteiger partial charge in [-0.05, 0) is 45.4 Å². The van der Waals surface area contributed by atoms with Gasteiger partial charge >= 0.3 is 0 Å². The zero-order chi connectivity index (χ0) is 10.4. The van der Waals surface area contributed by atoms with Crippen molar-refractivity contribution >= 4 is 9.76 Å². The molecule has 0 saturated heterocycles. The molecule has 0 spiro atoms. The van der Waals surface area contributed by atoms with Gasteiger partial charge in [0.05, 0.1) is 5.60 Å². The molecule has 0 atom stereocenters. The summed E-state index contributed by atoms with van der Waals surface area (Å²) in [4.78, 5) is 0. The predicted octanol–water partition coefficient (Wildman–Crippen LogP) is 3.12. The van der Waals surface area contributed by atoms with E-state index in [1.807, 2.05) is 0 Å². The maximum Gasteiger partial charge on any atom is 0.188 e. The molecule has 2 heteroatoms. The van der Waals surface area contributed by atoms with Crippen molar-refractivity contribution in [1.29, 1.82) is 0 Å². The second kappa shape index (κ2) is 5.71. The van der Waals surface area contributed by atoms with Gasteiger partial charge in [0.2, 0.25) is 0 Å². The molecule has 0 radical (unpaired) electrons. The molecule has 0 aromatic rings. The zero-order valence-corrected chi connectivity index (χ0v) is 11.3. The summed E-state index contributed by atoms with van der Waals surface area (Å²) in [6.45, 7) is 6.71. The Balaban J connectivity index is 2.34. The summed E-state index contributed by atoms with van der Waals surface area (Å²) >= 11 is 0. The first-order valence-electron chi connectivity index (χ1n) is 6.02. The first kappa shape index (κ1) is 12.0. The number of hydrogen-bond acceptors (Lipinski definition) is 1. The summed E-state index contributed by atoms with van der Waals surface area (Å²) < 4.78 is 6.14. The van der Waals surface area contributed by atoms with Crippen LogP contribution in [-0.4, -0.2) is 15.4 Å². The summed E-state index contributed by atoms with van der Waals surface area (Å²) in [7, 11) is -0.399. The summed E-state index contributed by atoms with van der Waals surface area (Å²) in [6.07, 6.45) is 10.1. The van der Waals surface area contributed by atoms with Gasteiger partial charge in [-0.3, -0.25) is 0 Å². The zero-order valence-electron chi connectivity index (χ0n) is 9.94. The molecule has 0 fully saturated rings. The minimum atomic E-state index is -0.399. The molecule has 0 amide bonds. The molecule has 1 rings (SSSR count). The van der Waals surface area contributed by atoms with Crippen LogP contribution in [-0.2, 0) is 4.43 Å². The molecular formula is C12H24OSi. The van der Waals surface area contributed by atoms with E-state index in [-0.39, 0.29) is 5.60 Å². The molecule has 1 nitrogen and oxygen atoms in total. The SMILES string of the molecule is CCC(C)(CC)O[SiH2]C1=CCCCC1. The fourth-order valence-electron chi connectivity index (χ4n) is 1.76. The number of rotatable bonds is 5. The molecule has 1 aliphatic rings. The van der Waals surface area contributed by atoms with Crippen LogP contribution < -0.4 is 0 Å². The maximum atomic E-state index is 6.14. The van der Waals surface area contributed by atoms with Crippen LogP contribution in [0.3, 0.4) is 0 Å². The lowest BCUT2D eigenvalue weighted by Gasteiger charge is -2.28. The van der Waals surface area contributed by atoms with Gasteiger partial charge in [-0.2, -0.15) is 0 Å². The van der Waals surface area contributed by atoms with Gasteiger partial charge in [0.1, 0.15) is 0 Å². The minimum absolute atomic E-state index is 0.157. The summed E-state index contributed by atoms with van der Waals surface area (Å²) in [5.41, 5.74) is 0.157. The van der Waals surface area contributed by atoms with Crippen molar-refractivity contribution in [3.63, 3.8) is 0 Å². The van der Waals surface area contributed by atoms with E-state index in [4.69, 9.17) is 4.43 Å². The lowest BCUT2D eigenvalue weighted by Crippen LogP contribution is -2.29. The molecule has 0 saturated carbocycles. The Kier molecular flexibility index (Phi) is 4.89. The number of allylic oxidation sites excluding steroid dienone is 2. The molecular weight excluding hydrogens is 188 g/mol. The van der Waals surface area contributed by atoms with E-state index in [1.54, 1.807) is 5.20 Å². The van der Waals surface area contributed by atoms with Crippen LogP contribution in [0.15, 0.2) is 11.3 Å². The van der Waals surface area contributed by atoms with E-state index in [0.717, 1.165) is 12.8 Å². The van der Waals surface area contributed by atoms with Gasteiger partial charge in [-0.15, -0.1) is 0 Å². The first-order chi connectivity index (χ1) is 6.70. The van der Waals surface area contributed by atoms with Crippen LogP contribution in [0, 0.1) is 0 Å². The van der Waals surface area contributed by atoms with Crippen LogP contribution in [0.2, 0.25) is 0 Å². The molecule has 1 aliphatic carbocycles. The highest BCUT2D eigenvalue weighted by atomic mass is 28.2. The minimum Gasteiger partial charge on any atom is -0.414 e. The van der Waals surface area contributed by atoms with Crippen molar-refractivity contribution in [2.24, 2.45) is 0 Å². The molecule has 0 unspecified atom stereocenters. The predicted molar refractivity (Wildman–Crippen MR) is 65.2 cm³/mol. The van der Waals surface area contributed by atoms with Crippen molar-refractivity contribution in [1.82, 2.24) is 0 Å². The van der Waals surface area contributed by atoms with E-state index in [9.17, 15) is 0 Å². The Hall–Kier alpha value is -0.0831. The fourth-order valence-corrected chi connectivity index (χ4v) is 3.42. The van der Waals surface area contributed by atoms with Crippen LogP contribution in [0.25, 0.3) is 0 Å². The highest BCUT2D eigenvalue weighted by Crippen LogP contribution is 2.22. The van der Waals surface area contributed by atoms with E-state index < -0.39 is 9.76 Å². The van der Waals surface area contributed by atoms with Gasteiger partial charge in [-0.1, -0.05) is 25.1 Å². The van der Waals surface area contributed by atoms with Gasteiger partial charge in [0.25, 0.3) is 0 Å². The van der Waals surface area contributed by atoms with Crippen molar-refractivity contribution in [3.8, 4) is 0 Å². The second-order valence-electron chi connectivity index (χ2n) is 4.55. The summed E-state index contributed by atoms with van der Waals surface area (Å²) in [5.74, 6) is 0. The lowest BCUT2D eigenvalue weighted by molar-refractivity contribution is 0.0868. The smallest absolute Gasteiger partial charge is 0.188 e. The third-order valence-electron chi connectivity index (χ3n) is 3.49. The maximum absolute atomic E-state index is 6.14. The highest BCUT2D eigenvalue weighted by Gasteiger charge is 2.20. The molecule has 0 heterocycles. The Labute approximate surface area is 90.9 Å². The van der Waals surface area contributed by atoms with Crippen molar-refractivity contribution in [2.45, 2.75) is 64.9 Å². The molecule has 14 heavy (non-hydrogen) atoms. The average molecular weight is 212 g/mol. The van der Waals surface area contributed by atoms with Crippen LogP contribution in [0.4, 0.5) is 0 Å². The van der Waals surface area contributed by atoms with Crippen molar-refractivity contribution in [3.05, 3.63) is 11.3 Å². The van der Waals surface area contributed by atoms with Crippen molar-refractivity contribution < 1.29 is 4.43 Å². The Morgan fingerprint density at radius 3 is 2.57 bits per heavy atom. The standard InChI is InChI=1S/C12H24OSi/c1-4-12(3,5-2)13-14-11-9-7-6-8-10-11/h9H,4-8,10,14H2,1-3H3. The van der Waals surface area contributed by atoms with Crippen LogP contribution in [0.5, 0.6) is 0 Å².